The van der Waals surface area contributed by atoms with Gasteiger partial charge in [-0.25, -0.2) is 0 Å². The summed E-state index contributed by atoms with van der Waals surface area (Å²) in [6, 6.07) is 27.8. The second kappa shape index (κ2) is 9.87. The minimum Gasteiger partial charge on any atom is -0.360 e. The number of hydrogen-bond donors (Lipinski definition) is 2. The molecule has 0 saturated heterocycles. The van der Waals surface area contributed by atoms with E-state index in [0.29, 0.717) is 12.1 Å². The molecule has 0 spiro atoms. The molecule has 1 unspecified atom stereocenters. The van der Waals surface area contributed by atoms with Crippen LogP contribution in [0.2, 0.25) is 5.02 Å². The number of aromatic amines is 1. The van der Waals surface area contributed by atoms with Gasteiger partial charge in [-0.05, 0) is 54.3 Å². The Labute approximate surface area is 210 Å². The van der Waals surface area contributed by atoms with E-state index in [1.165, 1.54) is 5.56 Å². The molecule has 0 aliphatic heterocycles. The van der Waals surface area contributed by atoms with E-state index in [1.54, 1.807) is 6.20 Å². The summed E-state index contributed by atoms with van der Waals surface area (Å²) in [7, 11) is 0. The summed E-state index contributed by atoms with van der Waals surface area (Å²) < 4.78 is 0. The zero-order valence-corrected chi connectivity index (χ0v) is 20.2. The zero-order chi connectivity index (χ0) is 24.3. The second-order valence-electron chi connectivity index (χ2n) is 8.83. The van der Waals surface area contributed by atoms with Crippen LogP contribution < -0.4 is 5.32 Å². The lowest BCUT2D eigenvalue weighted by atomic mass is 9.83. The topological polar surface area (TPSA) is 57.8 Å². The number of nitrogens with one attached hydrogen (secondary N) is 2. The minimum absolute atomic E-state index is 0.0279. The molecule has 0 bridgehead atoms. The number of hydrogen-bond acceptors (Lipinski definition) is 3. The second-order valence-corrected chi connectivity index (χ2v) is 9.26. The maximum Gasteiger partial charge on any atom is 0.189 e. The molecular formula is C30H26ClN3O. The van der Waals surface area contributed by atoms with E-state index in [1.807, 2.05) is 98.2 Å². The van der Waals surface area contributed by atoms with E-state index in [2.05, 4.69) is 21.4 Å². The van der Waals surface area contributed by atoms with Crippen molar-refractivity contribution in [3.05, 3.63) is 125 Å². The summed E-state index contributed by atoms with van der Waals surface area (Å²) in [4.78, 5) is 21.6. The summed E-state index contributed by atoms with van der Waals surface area (Å²) in [5.74, 6) is 0.0279. The quantitative estimate of drug-likeness (QED) is 0.240. The molecular weight excluding hydrogens is 454 g/mol. The number of aromatic nitrogens is 2. The maximum atomic E-state index is 14.1. The number of benzene rings is 3. The van der Waals surface area contributed by atoms with Crippen molar-refractivity contribution in [3.8, 4) is 11.1 Å². The van der Waals surface area contributed by atoms with Crippen LogP contribution in [0.5, 0.6) is 0 Å². The number of H-pyrrole nitrogens is 1. The third kappa shape index (κ3) is 4.76. The molecule has 0 amide bonds. The SMILES string of the molecule is CC(NCCc1ccc(Cl)cc1)(C(=O)c1c[nH]c2cc(-c3cccnc3)ccc12)c1ccccc1. The van der Waals surface area contributed by atoms with Crippen molar-refractivity contribution in [2.45, 2.75) is 18.9 Å². The Morgan fingerprint density at radius 3 is 2.51 bits per heavy atom. The van der Waals surface area contributed by atoms with Gasteiger partial charge in [-0.3, -0.25) is 9.78 Å². The highest BCUT2D eigenvalue weighted by atomic mass is 35.5. The van der Waals surface area contributed by atoms with Gasteiger partial charge in [0.2, 0.25) is 0 Å². The highest BCUT2D eigenvalue weighted by Crippen LogP contribution is 2.31. The largest absolute Gasteiger partial charge is 0.360 e. The van der Waals surface area contributed by atoms with Crippen molar-refractivity contribution in [1.29, 1.82) is 0 Å². The van der Waals surface area contributed by atoms with Gasteiger partial charge >= 0.3 is 0 Å². The van der Waals surface area contributed by atoms with Gasteiger partial charge in [0.05, 0.1) is 0 Å². The molecule has 5 aromatic rings. The van der Waals surface area contributed by atoms with Crippen LogP contribution in [-0.2, 0) is 12.0 Å². The Balaban J connectivity index is 1.45. The highest BCUT2D eigenvalue weighted by Gasteiger charge is 2.36. The fraction of sp³-hybridized carbons (Fsp3) is 0.133. The number of Topliss-reactive ketones (excluding diaryl/α,β-unsaturated/α-hetero) is 1. The Morgan fingerprint density at radius 2 is 1.77 bits per heavy atom. The van der Waals surface area contributed by atoms with Gasteiger partial charge in [-0.1, -0.05) is 72.3 Å². The Morgan fingerprint density at radius 1 is 0.971 bits per heavy atom. The molecule has 1 atom stereocenters. The van der Waals surface area contributed by atoms with Gasteiger partial charge in [-0.2, -0.15) is 0 Å². The summed E-state index contributed by atoms with van der Waals surface area (Å²) in [5.41, 5.74) is 4.90. The van der Waals surface area contributed by atoms with E-state index >= 15 is 0 Å². The lowest BCUT2D eigenvalue weighted by Crippen LogP contribution is -2.47. The summed E-state index contributed by atoms with van der Waals surface area (Å²) in [6.45, 7) is 2.61. The maximum absolute atomic E-state index is 14.1. The molecule has 35 heavy (non-hydrogen) atoms. The Hall–Kier alpha value is -3.73. The van der Waals surface area contributed by atoms with Crippen LogP contribution in [0.1, 0.15) is 28.4 Å². The van der Waals surface area contributed by atoms with Gasteiger partial charge in [-0.15, -0.1) is 0 Å². The molecule has 4 nitrogen and oxygen atoms in total. The number of pyridine rings is 1. The lowest BCUT2D eigenvalue weighted by molar-refractivity contribution is 0.0866. The van der Waals surface area contributed by atoms with Crippen molar-refractivity contribution in [3.63, 3.8) is 0 Å². The van der Waals surface area contributed by atoms with Crippen molar-refractivity contribution >= 4 is 28.3 Å². The first-order chi connectivity index (χ1) is 17.0. The minimum atomic E-state index is -0.884. The predicted molar refractivity (Wildman–Crippen MR) is 143 cm³/mol. The van der Waals surface area contributed by atoms with E-state index in [4.69, 9.17) is 11.6 Å². The Bertz CT molecular complexity index is 1450. The third-order valence-corrected chi connectivity index (χ3v) is 6.78. The van der Waals surface area contributed by atoms with E-state index < -0.39 is 5.54 Å². The molecule has 0 saturated carbocycles. The standard InChI is InChI=1S/C30H26ClN3O/c1-30(24-7-3-2-4-8-24,34-17-15-21-9-12-25(31)13-10-21)29(35)27-20-33-28-18-22(11-14-26(27)28)23-6-5-16-32-19-23/h2-14,16,18-20,33-34H,15,17H2,1H3. The number of rotatable bonds is 8. The number of carbonyl (C=O) groups excluding carboxylic acids is 1. The zero-order valence-electron chi connectivity index (χ0n) is 19.5. The third-order valence-electron chi connectivity index (χ3n) is 6.53. The van der Waals surface area contributed by atoms with E-state index in [-0.39, 0.29) is 5.78 Å². The predicted octanol–water partition coefficient (Wildman–Crippen LogP) is 6.81. The molecule has 5 rings (SSSR count). The molecule has 0 aliphatic carbocycles. The number of fused-ring (bicyclic) bond motifs is 1. The van der Waals surface area contributed by atoms with Crippen LogP contribution in [0.25, 0.3) is 22.0 Å². The van der Waals surface area contributed by atoms with Crippen LogP contribution >= 0.6 is 11.6 Å². The summed E-state index contributed by atoms with van der Waals surface area (Å²) in [5, 5.41) is 5.19. The Kier molecular flexibility index (Phi) is 6.49. The van der Waals surface area contributed by atoms with Crippen molar-refractivity contribution < 1.29 is 4.79 Å². The summed E-state index contributed by atoms with van der Waals surface area (Å²) >= 11 is 6.02. The van der Waals surface area contributed by atoms with E-state index in [0.717, 1.165) is 39.0 Å². The van der Waals surface area contributed by atoms with Gasteiger partial charge in [0.15, 0.2) is 5.78 Å². The number of nitrogens with zero attached hydrogens (tertiary/aromatic N) is 1. The molecule has 5 heteroatoms. The summed E-state index contributed by atoms with van der Waals surface area (Å²) in [6.07, 6.45) is 6.21. The fourth-order valence-corrected chi connectivity index (χ4v) is 4.62. The smallest absolute Gasteiger partial charge is 0.189 e. The normalized spacial score (nSPS) is 13.0. The van der Waals surface area contributed by atoms with Gasteiger partial charge in [0.25, 0.3) is 0 Å². The van der Waals surface area contributed by atoms with Crippen LogP contribution in [0.4, 0.5) is 0 Å². The molecule has 0 aliphatic rings. The van der Waals surface area contributed by atoms with Crippen LogP contribution in [-0.4, -0.2) is 22.3 Å². The van der Waals surface area contributed by atoms with Gasteiger partial charge in [0, 0.05) is 52.2 Å². The average molecular weight is 480 g/mol. The van der Waals surface area contributed by atoms with Crippen molar-refractivity contribution in [1.82, 2.24) is 15.3 Å². The van der Waals surface area contributed by atoms with E-state index in [9.17, 15) is 4.79 Å². The molecule has 174 valence electrons. The number of carbonyl (C=O) groups is 1. The fourth-order valence-electron chi connectivity index (χ4n) is 4.49. The molecule has 0 fully saturated rings. The molecule has 2 N–H and O–H groups in total. The average Bonchev–Trinajstić information content (AvgIpc) is 3.33. The monoisotopic (exact) mass is 479 g/mol. The lowest BCUT2D eigenvalue weighted by Gasteiger charge is -2.30. The first-order valence-electron chi connectivity index (χ1n) is 11.7. The van der Waals surface area contributed by atoms with Crippen LogP contribution in [0, 0.1) is 0 Å². The first-order valence-corrected chi connectivity index (χ1v) is 12.0. The molecule has 3 aromatic carbocycles. The first kappa shape index (κ1) is 23.0. The van der Waals surface area contributed by atoms with Gasteiger partial charge in [0.1, 0.15) is 5.54 Å². The van der Waals surface area contributed by atoms with Crippen molar-refractivity contribution in [2.75, 3.05) is 6.54 Å². The van der Waals surface area contributed by atoms with Crippen LogP contribution in [0.3, 0.4) is 0 Å². The van der Waals surface area contributed by atoms with Gasteiger partial charge < -0.3 is 10.3 Å². The molecule has 2 heterocycles. The van der Waals surface area contributed by atoms with Crippen LogP contribution in [0.15, 0.2) is 104 Å². The number of ketones is 1. The highest BCUT2D eigenvalue weighted by molar-refractivity contribution is 6.30. The van der Waals surface area contributed by atoms with Crippen molar-refractivity contribution in [2.24, 2.45) is 0 Å². The molecule has 0 radical (unpaired) electrons. The molecule has 2 aromatic heterocycles. The number of halogens is 1.